The third-order valence-electron chi connectivity index (χ3n) is 6.73. The molecule has 32 heavy (non-hydrogen) atoms. The Labute approximate surface area is 189 Å². The van der Waals surface area contributed by atoms with Crippen molar-refractivity contribution in [3.8, 4) is 0 Å². The smallest absolute Gasteiger partial charge is 0.232 e. The molecule has 0 radical (unpaired) electrons. The Morgan fingerprint density at radius 3 is 1.25 bits per heavy atom. The van der Waals surface area contributed by atoms with Crippen molar-refractivity contribution in [2.24, 2.45) is 0 Å². The van der Waals surface area contributed by atoms with Crippen LogP contribution in [0.4, 0.5) is 0 Å². The van der Waals surface area contributed by atoms with E-state index in [9.17, 15) is 30.0 Å². The summed E-state index contributed by atoms with van der Waals surface area (Å²) in [5.74, 6) is -3.90. The maximum atomic E-state index is 12.6. The van der Waals surface area contributed by atoms with Gasteiger partial charge in [0.15, 0.2) is 0 Å². The zero-order valence-corrected chi connectivity index (χ0v) is 19.5. The van der Waals surface area contributed by atoms with Gasteiger partial charge >= 0.3 is 0 Å². The third-order valence-corrected chi connectivity index (χ3v) is 6.73. The van der Waals surface area contributed by atoms with E-state index in [0.29, 0.717) is 0 Å². The van der Waals surface area contributed by atoms with E-state index in [2.05, 4.69) is 0 Å². The van der Waals surface area contributed by atoms with Gasteiger partial charge in [0.25, 0.3) is 0 Å². The number of aliphatic hydroxyl groups is 4. The Morgan fingerprint density at radius 2 is 0.938 bits per heavy atom. The van der Waals surface area contributed by atoms with E-state index < -0.39 is 47.8 Å². The van der Waals surface area contributed by atoms with Crippen LogP contribution in [0.2, 0.25) is 0 Å². The number of aliphatic hydroxyl groups excluding tert-OH is 4. The molecule has 6 nitrogen and oxygen atoms in total. The minimum Gasteiger partial charge on any atom is -0.389 e. The lowest BCUT2D eigenvalue weighted by Crippen LogP contribution is -2.48. The average molecular weight is 443 g/mol. The van der Waals surface area contributed by atoms with Crippen LogP contribution in [0.3, 0.4) is 0 Å². The molecule has 0 spiro atoms. The molecule has 0 amide bonds. The summed E-state index contributed by atoms with van der Waals surface area (Å²) in [6, 6.07) is 11.0. The number of hydrogen-bond donors (Lipinski definition) is 4. The lowest BCUT2D eigenvalue weighted by Gasteiger charge is -2.27. The van der Waals surface area contributed by atoms with Gasteiger partial charge in [-0.15, -0.1) is 0 Å². The minimum absolute atomic E-state index is 0.627. The van der Waals surface area contributed by atoms with Crippen LogP contribution >= 0.6 is 0 Å². The first-order valence-corrected chi connectivity index (χ1v) is 10.8. The molecule has 0 aromatic heterocycles. The molecular weight excluding hydrogens is 408 g/mol. The topological polar surface area (TPSA) is 115 Å². The van der Waals surface area contributed by atoms with Crippen molar-refractivity contribution in [1.29, 1.82) is 0 Å². The van der Waals surface area contributed by atoms with Crippen molar-refractivity contribution in [3.63, 3.8) is 0 Å². The second-order valence-electron chi connectivity index (χ2n) is 8.75. The molecule has 0 saturated heterocycles. The molecule has 0 bridgehead atoms. The fourth-order valence-electron chi connectivity index (χ4n) is 4.05. The van der Waals surface area contributed by atoms with E-state index in [-0.39, 0.29) is 0 Å². The quantitative estimate of drug-likeness (QED) is 0.444. The maximum absolute atomic E-state index is 12.6. The van der Waals surface area contributed by atoms with E-state index in [4.69, 9.17) is 0 Å². The summed E-state index contributed by atoms with van der Waals surface area (Å²) in [5, 5.41) is 42.0. The Bertz CT molecular complexity index is 903. The molecule has 0 heterocycles. The summed E-state index contributed by atoms with van der Waals surface area (Å²) < 4.78 is 0. The molecule has 2 aromatic carbocycles. The summed E-state index contributed by atoms with van der Waals surface area (Å²) in [6.07, 6.45) is -7.13. The highest BCUT2D eigenvalue weighted by molar-refractivity contribution is 6.40. The predicted octanol–water partition coefficient (Wildman–Crippen LogP) is 2.41. The molecule has 4 unspecified atom stereocenters. The Kier molecular flexibility index (Phi) is 8.48. The lowest BCUT2D eigenvalue weighted by atomic mass is 9.83. The van der Waals surface area contributed by atoms with E-state index in [1.807, 2.05) is 52.0 Å². The van der Waals surface area contributed by atoms with Gasteiger partial charge in [-0.05, 0) is 61.1 Å². The van der Waals surface area contributed by atoms with Crippen molar-refractivity contribution in [2.45, 2.75) is 77.8 Å². The molecule has 6 atom stereocenters. The first kappa shape index (κ1) is 25.9. The fraction of sp³-hybridized carbons (Fsp3) is 0.462. The average Bonchev–Trinajstić information content (AvgIpc) is 2.78. The van der Waals surface area contributed by atoms with Gasteiger partial charge in [-0.1, -0.05) is 50.2 Å². The van der Waals surface area contributed by atoms with Crippen LogP contribution in [-0.2, 0) is 9.59 Å². The molecule has 0 aliphatic rings. The normalized spacial score (nSPS) is 17.2. The van der Waals surface area contributed by atoms with Crippen molar-refractivity contribution >= 4 is 11.6 Å². The molecule has 4 N–H and O–H groups in total. The van der Waals surface area contributed by atoms with Crippen molar-refractivity contribution in [1.82, 2.24) is 0 Å². The monoisotopic (exact) mass is 442 g/mol. The van der Waals surface area contributed by atoms with Gasteiger partial charge in [-0.2, -0.15) is 0 Å². The predicted molar refractivity (Wildman–Crippen MR) is 123 cm³/mol. The second-order valence-corrected chi connectivity index (χ2v) is 8.75. The SMILES string of the molecule is Cc1cccc(C(C)C(O)[C@H](O)C(=O)C(=O)[C@H](O)C(O)C(C)c2cccc(C)c2C)c1C. The number of rotatable bonds is 9. The van der Waals surface area contributed by atoms with Crippen LogP contribution in [-0.4, -0.2) is 56.4 Å². The van der Waals surface area contributed by atoms with Gasteiger partial charge in [0.05, 0.1) is 12.2 Å². The Balaban J connectivity index is 2.16. The molecule has 6 heteroatoms. The molecule has 174 valence electrons. The van der Waals surface area contributed by atoms with Crippen LogP contribution in [0.15, 0.2) is 36.4 Å². The number of Topliss-reactive ketones (excluding diaryl/α,β-unsaturated/α-hetero) is 2. The summed E-state index contributed by atoms with van der Waals surface area (Å²) in [4.78, 5) is 25.1. The first-order chi connectivity index (χ1) is 14.9. The number of carbonyl (C=O) groups excluding carboxylic acids is 2. The molecule has 2 rings (SSSR count). The van der Waals surface area contributed by atoms with E-state index >= 15 is 0 Å². The van der Waals surface area contributed by atoms with Crippen LogP contribution in [0, 0.1) is 27.7 Å². The van der Waals surface area contributed by atoms with Crippen molar-refractivity contribution in [3.05, 3.63) is 69.8 Å². The zero-order chi connectivity index (χ0) is 24.3. The molecular formula is C26H34O6. The van der Waals surface area contributed by atoms with Gasteiger partial charge in [0.1, 0.15) is 12.2 Å². The number of benzene rings is 2. The maximum Gasteiger partial charge on any atom is 0.232 e. The fourth-order valence-corrected chi connectivity index (χ4v) is 4.05. The highest BCUT2D eigenvalue weighted by atomic mass is 16.3. The molecule has 0 aliphatic heterocycles. The van der Waals surface area contributed by atoms with Crippen LogP contribution in [0.5, 0.6) is 0 Å². The van der Waals surface area contributed by atoms with Gasteiger partial charge in [-0.25, -0.2) is 0 Å². The number of aryl methyl sites for hydroxylation is 2. The molecule has 0 fully saturated rings. The summed E-state index contributed by atoms with van der Waals surface area (Å²) >= 11 is 0. The summed E-state index contributed by atoms with van der Waals surface area (Å²) in [5.41, 5.74) is 5.34. The van der Waals surface area contributed by atoms with Crippen LogP contribution < -0.4 is 0 Å². The third kappa shape index (κ3) is 5.15. The van der Waals surface area contributed by atoms with E-state index in [1.54, 1.807) is 26.0 Å². The first-order valence-electron chi connectivity index (χ1n) is 10.8. The number of carbonyl (C=O) groups is 2. The second kappa shape index (κ2) is 10.5. The van der Waals surface area contributed by atoms with Gasteiger partial charge < -0.3 is 20.4 Å². The van der Waals surface area contributed by atoms with E-state index in [1.165, 1.54) is 0 Å². The van der Waals surface area contributed by atoms with Crippen molar-refractivity contribution < 1.29 is 30.0 Å². The zero-order valence-electron chi connectivity index (χ0n) is 19.5. The molecule has 0 aliphatic carbocycles. The van der Waals surface area contributed by atoms with Crippen molar-refractivity contribution in [2.75, 3.05) is 0 Å². The van der Waals surface area contributed by atoms with E-state index in [0.717, 1.165) is 33.4 Å². The Morgan fingerprint density at radius 1 is 0.625 bits per heavy atom. The van der Waals surface area contributed by atoms with Gasteiger partial charge in [-0.3, -0.25) is 9.59 Å². The number of hydrogen-bond acceptors (Lipinski definition) is 6. The van der Waals surface area contributed by atoms with Crippen LogP contribution in [0.25, 0.3) is 0 Å². The highest BCUT2D eigenvalue weighted by Crippen LogP contribution is 2.28. The molecule has 0 saturated carbocycles. The van der Waals surface area contributed by atoms with Gasteiger partial charge in [0.2, 0.25) is 11.6 Å². The highest BCUT2D eigenvalue weighted by Gasteiger charge is 2.40. The lowest BCUT2D eigenvalue weighted by molar-refractivity contribution is -0.153. The number of ketones is 2. The largest absolute Gasteiger partial charge is 0.389 e. The van der Waals surface area contributed by atoms with Gasteiger partial charge in [0, 0.05) is 11.8 Å². The summed E-state index contributed by atoms with van der Waals surface area (Å²) in [6.45, 7) is 10.9. The summed E-state index contributed by atoms with van der Waals surface area (Å²) in [7, 11) is 0. The standard InChI is InChI=1S/C26H34O6/c1-13-9-7-11-19(15(13)3)17(5)21(27)23(29)25(31)26(32)24(30)22(28)18(6)20-12-8-10-14(2)16(20)4/h7-12,17-18,21-24,27-30H,1-6H3/t17?,18?,21?,22?,23-,24+. The molecule has 2 aromatic rings. The van der Waals surface area contributed by atoms with Crippen LogP contribution in [0.1, 0.15) is 59.1 Å². The Hall–Kier alpha value is -2.38. The minimum atomic E-state index is -2.02.